The molecule has 0 aliphatic carbocycles. The largest absolute Gasteiger partial charge is 0.312 e. The second-order valence-electron chi connectivity index (χ2n) is 6.14. The van der Waals surface area contributed by atoms with Crippen LogP contribution in [0.1, 0.15) is 10.4 Å². The Morgan fingerprint density at radius 1 is 1.00 bits per heavy atom. The number of fused-ring (bicyclic) bond motifs is 1. The van der Waals surface area contributed by atoms with Gasteiger partial charge < -0.3 is 4.90 Å². The van der Waals surface area contributed by atoms with E-state index in [1.165, 1.54) is 48.2 Å². The van der Waals surface area contributed by atoms with Gasteiger partial charge in [-0.25, -0.2) is 12.7 Å². The summed E-state index contributed by atoms with van der Waals surface area (Å²) in [6.45, 7) is -0.0654. The summed E-state index contributed by atoms with van der Waals surface area (Å²) in [4.78, 5) is 28.2. The molecule has 2 aromatic rings. The van der Waals surface area contributed by atoms with Crippen molar-refractivity contribution < 1.29 is 18.0 Å². The van der Waals surface area contributed by atoms with Gasteiger partial charge in [-0.15, -0.1) is 0 Å². The zero-order valence-corrected chi connectivity index (χ0v) is 15.5. The lowest BCUT2D eigenvalue weighted by Gasteiger charge is -2.34. The number of anilines is 2. The maximum atomic E-state index is 12.9. The van der Waals surface area contributed by atoms with E-state index in [1.807, 2.05) is 0 Å². The summed E-state index contributed by atoms with van der Waals surface area (Å²) in [6.07, 6.45) is 0. The Morgan fingerprint density at radius 3 is 2.15 bits per heavy atom. The molecule has 0 spiro atoms. The van der Waals surface area contributed by atoms with E-state index in [9.17, 15) is 18.0 Å². The van der Waals surface area contributed by atoms with Gasteiger partial charge in [-0.2, -0.15) is 0 Å². The fourth-order valence-electron chi connectivity index (χ4n) is 2.75. The van der Waals surface area contributed by atoms with Gasteiger partial charge in [0.25, 0.3) is 5.91 Å². The maximum Gasteiger partial charge on any atom is 0.258 e. The lowest BCUT2D eigenvalue weighted by atomic mass is 10.1. The SMILES string of the molecule is CN1C(=O)CN(C(=O)c2ccc(S(=O)(=O)N(C)C)cc2)c2ccccc21. The molecular weight excluding hydrogens is 354 g/mol. The number of para-hydroxylation sites is 2. The zero-order valence-electron chi connectivity index (χ0n) is 14.7. The summed E-state index contributed by atoms with van der Waals surface area (Å²) in [5.74, 6) is -0.545. The highest BCUT2D eigenvalue weighted by molar-refractivity contribution is 7.89. The standard InChI is InChI=1S/C18H19N3O4S/c1-19(2)26(24,25)14-10-8-13(9-11-14)18(23)21-12-17(22)20(3)15-6-4-5-7-16(15)21/h4-11H,12H2,1-3H3. The van der Waals surface area contributed by atoms with Crippen molar-refractivity contribution in [2.24, 2.45) is 0 Å². The highest BCUT2D eigenvalue weighted by Crippen LogP contribution is 2.33. The molecule has 8 heteroatoms. The normalized spacial score (nSPS) is 14.5. The van der Waals surface area contributed by atoms with Crippen molar-refractivity contribution in [1.82, 2.24) is 4.31 Å². The van der Waals surface area contributed by atoms with Crippen LogP contribution in [0.3, 0.4) is 0 Å². The number of nitrogens with zero attached hydrogens (tertiary/aromatic N) is 3. The second kappa shape index (κ2) is 6.54. The highest BCUT2D eigenvalue weighted by atomic mass is 32.2. The molecule has 0 atom stereocenters. The molecule has 0 N–H and O–H groups in total. The molecule has 2 aromatic carbocycles. The molecular formula is C18H19N3O4S. The Bertz CT molecular complexity index is 968. The fourth-order valence-corrected chi connectivity index (χ4v) is 3.66. The van der Waals surface area contributed by atoms with Gasteiger partial charge >= 0.3 is 0 Å². The molecule has 0 bridgehead atoms. The third kappa shape index (κ3) is 2.97. The van der Waals surface area contributed by atoms with E-state index >= 15 is 0 Å². The first-order valence-corrected chi connectivity index (χ1v) is 9.37. The van der Waals surface area contributed by atoms with Crippen LogP contribution in [0.25, 0.3) is 0 Å². The molecule has 0 aromatic heterocycles. The first-order valence-electron chi connectivity index (χ1n) is 7.93. The molecule has 136 valence electrons. The molecule has 3 rings (SSSR count). The topological polar surface area (TPSA) is 78.0 Å². The number of likely N-dealkylation sites (N-methyl/N-ethyl adjacent to an activating group) is 1. The minimum Gasteiger partial charge on any atom is -0.312 e. The zero-order chi connectivity index (χ0) is 19.1. The van der Waals surface area contributed by atoms with Crippen LogP contribution in [0.15, 0.2) is 53.4 Å². The molecule has 1 aliphatic heterocycles. The minimum atomic E-state index is -3.56. The molecule has 1 heterocycles. The lowest BCUT2D eigenvalue weighted by Crippen LogP contribution is -2.46. The van der Waals surface area contributed by atoms with Crippen molar-refractivity contribution in [3.8, 4) is 0 Å². The summed E-state index contributed by atoms with van der Waals surface area (Å²) < 4.78 is 25.4. The molecule has 0 unspecified atom stereocenters. The number of carbonyl (C=O) groups excluding carboxylic acids is 2. The van der Waals surface area contributed by atoms with E-state index in [-0.39, 0.29) is 23.3 Å². The molecule has 0 saturated carbocycles. The van der Waals surface area contributed by atoms with Crippen LogP contribution >= 0.6 is 0 Å². The summed E-state index contributed by atoms with van der Waals surface area (Å²) in [5, 5.41) is 0. The maximum absolute atomic E-state index is 12.9. The van der Waals surface area contributed by atoms with Gasteiger partial charge in [0.2, 0.25) is 15.9 Å². The van der Waals surface area contributed by atoms with Crippen LogP contribution in [0.4, 0.5) is 11.4 Å². The van der Waals surface area contributed by atoms with Crippen LogP contribution in [-0.2, 0) is 14.8 Å². The van der Waals surface area contributed by atoms with Gasteiger partial charge in [-0.3, -0.25) is 14.5 Å². The van der Waals surface area contributed by atoms with Crippen molar-refractivity contribution in [2.45, 2.75) is 4.90 Å². The van der Waals surface area contributed by atoms with E-state index < -0.39 is 10.0 Å². The molecule has 26 heavy (non-hydrogen) atoms. The average Bonchev–Trinajstić information content (AvgIpc) is 2.64. The number of hydrogen-bond acceptors (Lipinski definition) is 4. The van der Waals surface area contributed by atoms with Gasteiger partial charge in [0.1, 0.15) is 6.54 Å². The third-order valence-corrected chi connectivity index (χ3v) is 6.16. The molecule has 7 nitrogen and oxygen atoms in total. The van der Waals surface area contributed by atoms with E-state index in [0.29, 0.717) is 16.9 Å². The summed E-state index contributed by atoms with van der Waals surface area (Å²) >= 11 is 0. The Balaban J connectivity index is 1.95. The molecule has 1 aliphatic rings. The van der Waals surface area contributed by atoms with Crippen LogP contribution in [0.2, 0.25) is 0 Å². The Kier molecular flexibility index (Phi) is 4.55. The van der Waals surface area contributed by atoms with Crippen LogP contribution in [-0.4, -0.2) is 52.2 Å². The molecule has 2 amide bonds. The van der Waals surface area contributed by atoms with E-state index in [2.05, 4.69) is 0 Å². The average molecular weight is 373 g/mol. The fraction of sp³-hybridized carbons (Fsp3) is 0.222. The van der Waals surface area contributed by atoms with Crippen molar-refractivity contribution in [1.29, 1.82) is 0 Å². The number of carbonyl (C=O) groups is 2. The Hall–Kier alpha value is -2.71. The number of amides is 2. The third-order valence-electron chi connectivity index (χ3n) is 4.33. The quantitative estimate of drug-likeness (QED) is 0.818. The van der Waals surface area contributed by atoms with Crippen LogP contribution < -0.4 is 9.80 Å². The van der Waals surface area contributed by atoms with Gasteiger partial charge in [-0.1, -0.05) is 12.1 Å². The number of benzene rings is 2. The summed E-state index contributed by atoms with van der Waals surface area (Å²) in [6, 6.07) is 12.9. The lowest BCUT2D eigenvalue weighted by molar-refractivity contribution is -0.117. The monoisotopic (exact) mass is 373 g/mol. The Morgan fingerprint density at radius 2 is 1.58 bits per heavy atom. The number of hydrogen-bond donors (Lipinski definition) is 0. The van der Waals surface area contributed by atoms with E-state index in [0.717, 1.165) is 4.31 Å². The van der Waals surface area contributed by atoms with Gasteiger partial charge in [0, 0.05) is 26.7 Å². The van der Waals surface area contributed by atoms with Gasteiger partial charge in [-0.05, 0) is 36.4 Å². The summed E-state index contributed by atoms with van der Waals surface area (Å²) in [7, 11) is 1.00. The Labute approximate surface area is 152 Å². The first-order chi connectivity index (χ1) is 12.2. The van der Waals surface area contributed by atoms with E-state index in [4.69, 9.17) is 0 Å². The smallest absolute Gasteiger partial charge is 0.258 e. The van der Waals surface area contributed by atoms with E-state index in [1.54, 1.807) is 31.3 Å². The molecule has 0 saturated heterocycles. The van der Waals surface area contributed by atoms with Crippen molar-refractivity contribution in [3.05, 3.63) is 54.1 Å². The van der Waals surface area contributed by atoms with Crippen molar-refractivity contribution in [2.75, 3.05) is 37.5 Å². The second-order valence-corrected chi connectivity index (χ2v) is 8.30. The predicted octanol–water partition coefficient (Wildman–Crippen LogP) is 1.56. The number of rotatable bonds is 3. The van der Waals surface area contributed by atoms with Gasteiger partial charge in [0.15, 0.2) is 0 Å². The number of sulfonamides is 1. The van der Waals surface area contributed by atoms with Crippen molar-refractivity contribution >= 4 is 33.2 Å². The van der Waals surface area contributed by atoms with Crippen molar-refractivity contribution in [3.63, 3.8) is 0 Å². The molecule has 0 fully saturated rings. The first kappa shape index (κ1) is 18.1. The molecule has 0 radical (unpaired) electrons. The predicted molar refractivity (Wildman–Crippen MR) is 98.8 cm³/mol. The van der Waals surface area contributed by atoms with Gasteiger partial charge in [0.05, 0.1) is 16.3 Å². The minimum absolute atomic E-state index is 0.0654. The van der Waals surface area contributed by atoms with Crippen LogP contribution in [0.5, 0.6) is 0 Å². The highest BCUT2D eigenvalue weighted by Gasteiger charge is 2.31. The van der Waals surface area contributed by atoms with Crippen LogP contribution in [0, 0.1) is 0 Å². The summed E-state index contributed by atoms with van der Waals surface area (Å²) in [5.41, 5.74) is 1.61.